The number of hydrogen-bond donors (Lipinski definition) is 2. The van der Waals surface area contributed by atoms with E-state index in [0.29, 0.717) is 5.75 Å². The van der Waals surface area contributed by atoms with Crippen molar-refractivity contribution in [3.63, 3.8) is 0 Å². The van der Waals surface area contributed by atoms with Crippen LogP contribution in [0.5, 0.6) is 11.5 Å². The molecule has 0 saturated heterocycles. The topological polar surface area (TPSA) is 41.5 Å². The summed E-state index contributed by atoms with van der Waals surface area (Å²) in [6.45, 7) is 3.84. The molecule has 0 spiro atoms. The van der Waals surface area contributed by atoms with Gasteiger partial charge in [-0.2, -0.15) is 0 Å². The molecule has 2 rings (SSSR count). The monoisotopic (exact) mass is 349 g/mol. The number of ether oxygens (including phenoxy) is 1. The van der Waals surface area contributed by atoms with Gasteiger partial charge in [-0.25, -0.2) is 0 Å². The van der Waals surface area contributed by atoms with Crippen LogP contribution in [0.25, 0.3) is 0 Å². The van der Waals surface area contributed by atoms with Crippen molar-refractivity contribution in [3.05, 3.63) is 58.1 Å². The molecule has 0 bridgehead atoms. The largest absolute Gasteiger partial charge is 0.457 e. The van der Waals surface area contributed by atoms with Crippen molar-refractivity contribution < 1.29 is 9.84 Å². The molecule has 4 heteroatoms. The molecule has 0 aliphatic carbocycles. The van der Waals surface area contributed by atoms with Gasteiger partial charge >= 0.3 is 0 Å². The summed E-state index contributed by atoms with van der Waals surface area (Å²) >= 11 is 3.48. The maximum absolute atomic E-state index is 9.39. The lowest BCUT2D eigenvalue weighted by Crippen LogP contribution is -2.14. The zero-order chi connectivity index (χ0) is 15.1. The number of aliphatic hydroxyl groups is 1. The molecule has 112 valence electrons. The Morgan fingerprint density at radius 2 is 1.90 bits per heavy atom. The van der Waals surface area contributed by atoms with Crippen molar-refractivity contribution in [2.24, 2.45) is 0 Å². The molecule has 3 nitrogen and oxygen atoms in total. The number of para-hydroxylation sites is 1. The lowest BCUT2D eigenvalue weighted by atomic mass is 10.2. The second kappa shape index (κ2) is 8.17. The van der Waals surface area contributed by atoms with Gasteiger partial charge in [0.25, 0.3) is 0 Å². The highest BCUT2D eigenvalue weighted by Crippen LogP contribution is 2.30. The smallest absolute Gasteiger partial charge is 0.133 e. The van der Waals surface area contributed by atoms with Crippen LogP contribution in [-0.2, 0) is 13.2 Å². The summed E-state index contributed by atoms with van der Waals surface area (Å²) in [5.74, 6) is 1.49. The predicted octanol–water partition coefficient (Wildman–Crippen LogP) is 4.23. The van der Waals surface area contributed by atoms with E-state index in [-0.39, 0.29) is 6.61 Å². The number of rotatable bonds is 7. The van der Waals surface area contributed by atoms with Crippen LogP contribution in [0.2, 0.25) is 0 Å². The zero-order valence-corrected chi connectivity index (χ0v) is 13.7. The van der Waals surface area contributed by atoms with Gasteiger partial charge in [0.15, 0.2) is 0 Å². The van der Waals surface area contributed by atoms with Crippen LogP contribution in [-0.4, -0.2) is 11.7 Å². The molecule has 2 N–H and O–H groups in total. The summed E-state index contributed by atoms with van der Waals surface area (Å²) in [5.41, 5.74) is 1.88. The Morgan fingerprint density at radius 3 is 2.67 bits per heavy atom. The zero-order valence-electron chi connectivity index (χ0n) is 12.1. The van der Waals surface area contributed by atoms with E-state index < -0.39 is 0 Å². The van der Waals surface area contributed by atoms with Crippen LogP contribution >= 0.6 is 15.9 Å². The maximum Gasteiger partial charge on any atom is 0.133 e. The third-order valence-electron chi connectivity index (χ3n) is 3.13. The fourth-order valence-electron chi connectivity index (χ4n) is 2.02. The summed E-state index contributed by atoms with van der Waals surface area (Å²) in [6.07, 6.45) is 1.10. The Labute approximate surface area is 134 Å². The molecule has 0 atom stereocenters. The fraction of sp³-hybridized carbons (Fsp3) is 0.294. The molecular formula is C17H20BrNO2. The number of halogens is 1. The first-order valence-corrected chi connectivity index (χ1v) is 7.89. The Bertz CT molecular complexity index is 587. The average molecular weight is 350 g/mol. The van der Waals surface area contributed by atoms with Crippen LogP contribution in [0.1, 0.15) is 24.5 Å². The van der Waals surface area contributed by atoms with Gasteiger partial charge in [0.1, 0.15) is 11.5 Å². The van der Waals surface area contributed by atoms with Gasteiger partial charge in [0.2, 0.25) is 0 Å². The molecule has 0 aliphatic rings. The molecule has 0 heterocycles. The van der Waals surface area contributed by atoms with Gasteiger partial charge in [0, 0.05) is 22.1 Å². The second-order valence-electron chi connectivity index (χ2n) is 4.80. The third-order valence-corrected chi connectivity index (χ3v) is 3.63. The molecule has 0 fully saturated rings. The molecular weight excluding hydrogens is 330 g/mol. The molecule has 0 radical (unpaired) electrons. The summed E-state index contributed by atoms with van der Waals surface area (Å²) in [5, 5.41) is 12.8. The second-order valence-corrected chi connectivity index (χ2v) is 5.71. The standard InChI is InChI=1S/C17H20BrNO2/c1-2-9-19-11-13-7-8-15(18)10-17(13)21-16-6-4-3-5-14(16)12-20/h3-8,10,19-20H,2,9,11-12H2,1H3. The van der Waals surface area contributed by atoms with E-state index in [1.807, 2.05) is 42.5 Å². The molecule has 2 aromatic rings. The summed E-state index contributed by atoms with van der Waals surface area (Å²) < 4.78 is 6.98. The minimum absolute atomic E-state index is 0.0341. The van der Waals surface area contributed by atoms with Gasteiger partial charge in [-0.3, -0.25) is 0 Å². The van der Waals surface area contributed by atoms with Crippen molar-refractivity contribution in [3.8, 4) is 11.5 Å². The van der Waals surface area contributed by atoms with E-state index >= 15 is 0 Å². The molecule has 2 aromatic carbocycles. The first-order valence-electron chi connectivity index (χ1n) is 7.10. The lowest BCUT2D eigenvalue weighted by molar-refractivity contribution is 0.276. The highest BCUT2D eigenvalue weighted by atomic mass is 79.9. The van der Waals surface area contributed by atoms with E-state index in [2.05, 4.69) is 28.2 Å². The van der Waals surface area contributed by atoms with Crippen LogP contribution in [0.15, 0.2) is 46.9 Å². The molecule has 0 saturated carbocycles. The number of hydrogen-bond acceptors (Lipinski definition) is 3. The van der Waals surface area contributed by atoms with Crippen molar-refractivity contribution in [1.82, 2.24) is 5.32 Å². The van der Waals surface area contributed by atoms with Crippen molar-refractivity contribution in [1.29, 1.82) is 0 Å². The third kappa shape index (κ3) is 4.56. The Hall–Kier alpha value is -1.36. The highest BCUT2D eigenvalue weighted by Gasteiger charge is 2.08. The van der Waals surface area contributed by atoms with E-state index in [1.54, 1.807) is 0 Å². The lowest BCUT2D eigenvalue weighted by Gasteiger charge is -2.14. The molecule has 0 unspecified atom stereocenters. The van der Waals surface area contributed by atoms with Crippen molar-refractivity contribution in [2.45, 2.75) is 26.5 Å². The quantitative estimate of drug-likeness (QED) is 0.734. The van der Waals surface area contributed by atoms with E-state index in [0.717, 1.165) is 40.9 Å². The SMILES string of the molecule is CCCNCc1ccc(Br)cc1Oc1ccccc1CO. The van der Waals surface area contributed by atoms with Gasteiger partial charge < -0.3 is 15.2 Å². The van der Waals surface area contributed by atoms with Crippen molar-refractivity contribution in [2.75, 3.05) is 6.54 Å². The molecule has 21 heavy (non-hydrogen) atoms. The van der Waals surface area contributed by atoms with Gasteiger partial charge in [-0.15, -0.1) is 0 Å². The average Bonchev–Trinajstić information content (AvgIpc) is 2.50. The minimum atomic E-state index is -0.0341. The predicted molar refractivity (Wildman–Crippen MR) is 88.6 cm³/mol. The van der Waals surface area contributed by atoms with Crippen LogP contribution < -0.4 is 10.1 Å². The normalized spacial score (nSPS) is 10.6. The Morgan fingerprint density at radius 1 is 1.10 bits per heavy atom. The van der Waals surface area contributed by atoms with E-state index in [9.17, 15) is 5.11 Å². The Balaban J connectivity index is 2.23. The van der Waals surface area contributed by atoms with Crippen LogP contribution in [0, 0.1) is 0 Å². The summed E-state index contributed by atoms with van der Waals surface area (Å²) in [4.78, 5) is 0. The Kier molecular flexibility index (Phi) is 6.23. The van der Waals surface area contributed by atoms with E-state index in [1.165, 1.54) is 0 Å². The summed E-state index contributed by atoms with van der Waals surface area (Å²) in [6, 6.07) is 13.5. The van der Waals surface area contributed by atoms with Crippen LogP contribution in [0.3, 0.4) is 0 Å². The van der Waals surface area contributed by atoms with Gasteiger partial charge in [-0.05, 0) is 31.2 Å². The molecule has 0 amide bonds. The molecule has 0 aromatic heterocycles. The fourth-order valence-corrected chi connectivity index (χ4v) is 2.36. The minimum Gasteiger partial charge on any atom is -0.457 e. The highest BCUT2D eigenvalue weighted by molar-refractivity contribution is 9.10. The number of benzene rings is 2. The first kappa shape index (κ1) is 16.0. The number of nitrogens with one attached hydrogen (secondary N) is 1. The summed E-state index contributed by atoms with van der Waals surface area (Å²) in [7, 11) is 0. The number of aliphatic hydroxyl groups excluding tert-OH is 1. The van der Waals surface area contributed by atoms with Gasteiger partial charge in [0.05, 0.1) is 6.61 Å². The van der Waals surface area contributed by atoms with Crippen LogP contribution in [0.4, 0.5) is 0 Å². The van der Waals surface area contributed by atoms with Crippen molar-refractivity contribution >= 4 is 15.9 Å². The first-order chi connectivity index (χ1) is 10.2. The molecule has 0 aliphatic heterocycles. The van der Waals surface area contributed by atoms with Gasteiger partial charge in [-0.1, -0.05) is 47.1 Å². The van der Waals surface area contributed by atoms with E-state index in [4.69, 9.17) is 4.74 Å². The maximum atomic E-state index is 9.39.